The van der Waals surface area contributed by atoms with Crippen molar-refractivity contribution < 1.29 is 4.79 Å². The zero-order valence-electron chi connectivity index (χ0n) is 9.15. The molecule has 3 N–H and O–H groups in total. The van der Waals surface area contributed by atoms with Gasteiger partial charge in [0.1, 0.15) is 4.60 Å². The quantitative estimate of drug-likeness (QED) is 0.657. The Hall–Kier alpha value is -1.59. The van der Waals surface area contributed by atoms with E-state index in [-0.39, 0.29) is 5.91 Å². The minimum absolute atomic E-state index is 0.271. The topological polar surface area (TPSA) is 68.0 Å². The minimum Gasteiger partial charge on any atom is -0.398 e. The molecule has 6 heteroatoms. The number of nitrogen functional groups attached to an aromatic ring is 1. The zero-order valence-corrected chi connectivity index (χ0v) is 11.5. The van der Waals surface area contributed by atoms with E-state index < -0.39 is 0 Å². The second kappa shape index (κ2) is 5.37. The van der Waals surface area contributed by atoms with E-state index in [4.69, 9.17) is 17.3 Å². The summed E-state index contributed by atoms with van der Waals surface area (Å²) in [5.41, 5.74) is 7.05. The van der Waals surface area contributed by atoms with Crippen LogP contribution in [-0.4, -0.2) is 10.9 Å². The first-order chi connectivity index (χ1) is 8.58. The number of halogens is 2. The van der Waals surface area contributed by atoms with Crippen LogP contribution in [0.5, 0.6) is 0 Å². The van der Waals surface area contributed by atoms with Crippen molar-refractivity contribution in [1.82, 2.24) is 4.98 Å². The Balaban J connectivity index is 2.22. The van der Waals surface area contributed by atoms with E-state index in [9.17, 15) is 4.79 Å². The molecule has 0 fully saturated rings. The van der Waals surface area contributed by atoms with E-state index in [0.717, 1.165) is 0 Å². The van der Waals surface area contributed by atoms with E-state index in [1.807, 2.05) is 0 Å². The number of carbonyl (C=O) groups excluding carboxylic acids is 1. The molecule has 18 heavy (non-hydrogen) atoms. The van der Waals surface area contributed by atoms with Crippen LogP contribution in [0, 0.1) is 0 Å². The molecular weight excluding hydrogens is 318 g/mol. The molecule has 2 rings (SSSR count). The van der Waals surface area contributed by atoms with Gasteiger partial charge < -0.3 is 11.1 Å². The smallest absolute Gasteiger partial charge is 0.255 e. The number of rotatable bonds is 2. The van der Waals surface area contributed by atoms with Crippen molar-refractivity contribution in [1.29, 1.82) is 0 Å². The number of carbonyl (C=O) groups is 1. The number of amides is 1. The third-order valence-electron chi connectivity index (χ3n) is 2.27. The van der Waals surface area contributed by atoms with Gasteiger partial charge in [-0.05, 0) is 46.3 Å². The predicted molar refractivity (Wildman–Crippen MR) is 75.8 cm³/mol. The fourth-order valence-corrected chi connectivity index (χ4v) is 1.83. The molecule has 0 bridgehead atoms. The van der Waals surface area contributed by atoms with Crippen LogP contribution >= 0.6 is 27.5 Å². The van der Waals surface area contributed by atoms with Gasteiger partial charge in [0.05, 0.1) is 16.4 Å². The highest BCUT2D eigenvalue weighted by Crippen LogP contribution is 2.22. The zero-order chi connectivity index (χ0) is 13.1. The molecule has 1 amide bonds. The monoisotopic (exact) mass is 325 g/mol. The first-order valence-electron chi connectivity index (χ1n) is 5.05. The van der Waals surface area contributed by atoms with Crippen LogP contribution in [0.15, 0.2) is 41.1 Å². The molecule has 0 spiro atoms. The number of hydrogen-bond donors (Lipinski definition) is 2. The van der Waals surface area contributed by atoms with Crippen molar-refractivity contribution in [3.63, 3.8) is 0 Å². The second-order valence-electron chi connectivity index (χ2n) is 3.53. The number of aromatic nitrogens is 1. The summed E-state index contributed by atoms with van der Waals surface area (Å²) in [4.78, 5) is 16.0. The highest BCUT2D eigenvalue weighted by molar-refractivity contribution is 9.10. The molecule has 0 atom stereocenters. The number of pyridine rings is 1. The molecule has 1 heterocycles. The number of nitrogens with zero attached hydrogens (tertiary/aromatic N) is 1. The van der Waals surface area contributed by atoms with Gasteiger partial charge in [0.15, 0.2) is 0 Å². The van der Waals surface area contributed by atoms with E-state index in [1.54, 1.807) is 30.5 Å². The molecule has 1 aromatic heterocycles. The second-order valence-corrected chi connectivity index (χ2v) is 4.69. The molecule has 1 aromatic carbocycles. The molecule has 0 saturated carbocycles. The Morgan fingerprint density at radius 3 is 2.83 bits per heavy atom. The standard InChI is InChI=1S/C12H9BrClN3O/c13-11-10(2-1-5-16-11)17-12(18)7-3-4-8(14)9(15)6-7/h1-6H,15H2,(H,17,18). The Labute approximate surface area is 117 Å². The van der Waals surface area contributed by atoms with Crippen molar-refractivity contribution in [2.45, 2.75) is 0 Å². The normalized spacial score (nSPS) is 10.1. The van der Waals surface area contributed by atoms with Crippen LogP contribution in [0.4, 0.5) is 11.4 Å². The van der Waals surface area contributed by atoms with Gasteiger partial charge in [0, 0.05) is 11.8 Å². The fraction of sp³-hybridized carbons (Fsp3) is 0. The molecule has 92 valence electrons. The first kappa shape index (κ1) is 12.9. The maximum atomic E-state index is 12.0. The molecule has 0 aliphatic carbocycles. The van der Waals surface area contributed by atoms with Gasteiger partial charge in [0.2, 0.25) is 0 Å². The lowest BCUT2D eigenvalue weighted by atomic mass is 10.2. The average Bonchev–Trinajstić information content (AvgIpc) is 2.35. The first-order valence-corrected chi connectivity index (χ1v) is 6.22. The predicted octanol–water partition coefficient (Wildman–Crippen LogP) is 3.33. The molecule has 0 aliphatic rings. The van der Waals surface area contributed by atoms with Crippen molar-refractivity contribution in [3.8, 4) is 0 Å². The molecule has 0 aliphatic heterocycles. The number of nitrogens with one attached hydrogen (secondary N) is 1. The largest absolute Gasteiger partial charge is 0.398 e. The average molecular weight is 327 g/mol. The van der Waals surface area contributed by atoms with Crippen LogP contribution in [0.3, 0.4) is 0 Å². The lowest BCUT2D eigenvalue weighted by Crippen LogP contribution is -2.12. The van der Waals surface area contributed by atoms with Crippen LogP contribution in [0.25, 0.3) is 0 Å². The van der Waals surface area contributed by atoms with Gasteiger partial charge in [-0.3, -0.25) is 4.79 Å². The van der Waals surface area contributed by atoms with Crippen LogP contribution in [0.2, 0.25) is 5.02 Å². The van der Waals surface area contributed by atoms with Gasteiger partial charge in [-0.25, -0.2) is 4.98 Å². The SMILES string of the molecule is Nc1cc(C(=O)Nc2cccnc2Br)ccc1Cl. The summed E-state index contributed by atoms with van der Waals surface area (Å²) in [6.07, 6.45) is 1.63. The lowest BCUT2D eigenvalue weighted by Gasteiger charge is -2.07. The van der Waals surface area contributed by atoms with Gasteiger partial charge >= 0.3 is 0 Å². The van der Waals surface area contributed by atoms with Crippen LogP contribution in [-0.2, 0) is 0 Å². The Morgan fingerprint density at radius 1 is 1.39 bits per heavy atom. The molecule has 2 aromatic rings. The minimum atomic E-state index is -0.271. The summed E-state index contributed by atoms with van der Waals surface area (Å²) >= 11 is 9.05. The number of hydrogen-bond acceptors (Lipinski definition) is 3. The number of nitrogens with two attached hydrogens (primary N) is 1. The summed E-state index contributed by atoms with van der Waals surface area (Å²) in [6, 6.07) is 8.20. The molecule has 0 unspecified atom stereocenters. The molecule has 4 nitrogen and oxygen atoms in total. The van der Waals surface area contributed by atoms with Crippen molar-refractivity contribution in [3.05, 3.63) is 51.7 Å². The molecular formula is C12H9BrClN3O. The Kier molecular flexibility index (Phi) is 3.84. The third kappa shape index (κ3) is 2.80. The lowest BCUT2D eigenvalue weighted by molar-refractivity contribution is 0.102. The Bertz CT molecular complexity index is 604. The number of anilines is 2. The Morgan fingerprint density at radius 2 is 2.17 bits per heavy atom. The van der Waals surface area contributed by atoms with Gasteiger partial charge in [-0.1, -0.05) is 11.6 Å². The highest BCUT2D eigenvalue weighted by Gasteiger charge is 2.09. The van der Waals surface area contributed by atoms with E-state index in [0.29, 0.717) is 26.6 Å². The fourth-order valence-electron chi connectivity index (χ4n) is 1.36. The van der Waals surface area contributed by atoms with Crippen LogP contribution < -0.4 is 11.1 Å². The van der Waals surface area contributed by atoms with E-state index in [1.165, 1.54) is 6.07 Å². The van der Waals surface area contributed by atoms with Crippen LogP contribution in [0.1, 0.15) is 10.4 Å². The molecule has 0 saturated heterocycles. The van der Waals surface area contributed by atoms with Gasteiger partial charge in [-0.2, -0.15) is 0 Å². The van der Waals surface area contributed by atoms with Gasteiger partial charge in [0.25, 0.3) is 5.91 Å². The van der Waals surface area contributed by atoms with Gasteiger partial charge in [-0.15, -0.1) is 0 Å². The third-order valence-corrected chi connectivity index (χ3v) is 3.24. The summed E-state index contributed by atoms with van der Waals surface area (Å²) in [5, 5.41) is 3.15. The summed E-state index contributed by atoms with van der Waals surface area (Å²) < 4.78 is 0.570. The summed E-state index contributed by atoms with van der Waals surface area (Å²) in [5.74, 6) is -0.271. The summed E-state index contributed by atoms with van der Waals surface area (Å²) in [7, 11) is 0. The number of benzene rings is 1. The summed E-state index contributed by atoms with van der Waals surface area (Å²) in [6.45, 7) is 0. The van der Waals surface area contributed by atoms with Crippen molar-refractivity contribution in [2.75, 3.05) is 11.1 Å². The van der Waals surface area contributed by atoms with E-state index >= 15 is 0 Å². The van der Waals surface area contributed by atoms with Crippen molar-refractivity contribution in [2.24, 2.45) is 0 Å². The maximum Gasteiger partial charge on any atom is 0.255 e. The highest BCUT2D eigenvalue weighted by atomic mass is 79.9. The van der Waals surface area contributed by atoms with E-state index in [2.05, 4.69) is 26.2 Å². The van der Waals surface area contributed by atoms with Crippen molar-refractivity contribution >= 4 is 44.8 Å². The molecule has 0 radical (unpaired) electrons. The maximum absolute atomic E-state index is 12.0.